The number of aliphatic hydroxyl groups excluding tert-OH is 1. The Balaban J connectivity index is 1.10. The molecule has 8 rings (SSSR count). The molecule has 1 N–H and O–H groups in total. The number of imidazole rings is 1. The average Bonchev–Trinajstić information content (AvgIpc) is 3.75. The van der Waals surface area contributed by atoms with E-state index in [0.29, 0.717) is 24.4 Å². The number of carbonyl (C=O) groups excluding carboxylic acids is 1. The molecule has 42 heavy (non-hydrogen) atoms. The van der Waals surface area contributed by atoms with Crippen molar-refractivity contribution in [2.75, 3.05) is 24.5 Å². The number of aliphatic hydroxyl groups is 1. The number of nitrogens with zero attached hydrogens (tertiary/aromatic N) is 8. The Morgan fingerprint density at radius 1 is 0.929 bits per heavy atom. The van der Waals surface area contributed by atoms with Gasteiger partial charge in [-0.25, -0.2) is 9.50 Å². The van der Waals surface area contributed by atoms with Crippen LogP contribution in [0.5, 0.6) is 0 Å². The Hall–Kier alpha value is -4.31. The first-order valence-corrected chi connectivity index (χ1v) is 15.0. The topological polar surface area (TPSA) is 105 Å². The molecule has 3 aliphatic rings. The van der Waals surface area contributed by atoms with Crippen LogP contribution in [0.2, 0.25) is 0 Å². The number of piperazine rings is 1. The summed E-state index contributed by atoms with van der Waals surface area (Å²) in [6.07, 6.45) is 12.7. The second-order valence-electron chi connectivity index (χ2n) is 12.0. The molecule has 10 heteroatoms. The van der Waals surface area contributed by atoms with Crippen LogP contribution in [0.1, 0.15) is 50.3 Å². The minimum Gasteiger partial charge on any atom is -0.393 e. The summed E-state index contributed by atoms with van der Waals surface area (Å²) in [5, 5.41) is 20.6. The zero-order valence-corrected chi connectivity index (χ0v) is 23.7. The molecule has 2 saturated heterocycles. The normalized spacial score (nSPS) is 22.8. The van der Waals surface area contributed by atoms with Gasteiger partial charge in [-0.2, -0.15) is 10.2 Å². The first kappa shape index (κ1) is 25.4. The average molecular weight is 563 g/mol. The van der Waals surface area contributed by atoms with Crippen LogP contribution in [0.3, 0.4) is 0 Å². The minimum absolute atomic E-state index is 0.180. The summed E-state index contributed by atoms with van der Waals surface area (Å²) in [5.41, 5.74) is 7.79. The molecule has 6 heterocycles. The number of hydrogen-bond acceptors (Lipinski definition) is 7. The van der Waals surface area contributed by atoms with E-state index in [-0.39, 0.29) is 6.10 Å². The lowest BCUT2D eigenvalue weighted by Gasteiger charge is -2.38. The predicted octanol–water partition coefficient (Wildman–Crippen LogP) is 4.40. The van der Waals surface area contributed by atoms with E-state index < -0.39 is 0 Å². The fourth-order valence-electron chi connectivity index (χ4n) is 7.13. The van der Waals surface area contributed by atoms with Gasteiger partial charge in [0, 0.05) is 72.3 Å². The number of pyridine rings is 1. The molecule has 10 nitrogen and oxygen atoms in total. The summed E-state index contributed by atoms with van der Waals surface area (Å²) in [6, 6.07) is 11.2. The molecule has 0 radical (unpaired) electrons. The van der Waals surface area contributed by atoms with Crippen LogP contribution < -0.4 is 4.90 Å². The van der Waals surface area contributed by atoms with E-state index in [1.54, 1.807) is 0 Å². The van der Waals surface area contributed by atoms with Crippen molar-refractivity contribution in [3.63, 3.8) is 0 Å². The molecule has 1 aliphatic carbocycles. The van der Waals surface area contributed by atoms with Gasteiger partial charge >= 0.3 is 0 Å². The van der Waals surface area contributed by atoms with Crippen LogP contribution in [0.15, 0.2) is 55.1 Å². The second kappa shape index (κ2) is 9.90. The maximum atomic E-state index is 12.1. The predicted molar refractivity (Wildman–Crippen MR) is 160 cm³/mol. The molecule has 1 atom stereocenters. The van der Waals surface area contributed by atoms with Crippen LogP contribution in [-0.2, 0) is 4.79 Å². The van der Waals surface area contributed by atoms with Gasteiger partial charge in [-0.3, -0.25) is 14.5 Å². The van der Waals surface area contributed by atoms with Gasteiger partial charge < -0.3 is 14.9 Å². The number of hydrogen-bond donors (Lipinski definition) is 1. The molecule has 0 bridgehead atoms. The number of carbonyl (C=O) groups is 1. The van der Waals surface area contributed by atoms with Crippen LogP contribution in [0.4, 0.5) is 5.69 Å². The van der Waals surface area contributed by atoms with Gasteiger partial charge in [-0.05, 0) is 63.3 Å². The van der Waals surface area contributed by atoms with Crippen molar-refractivity contribution >= 4 is 28.1 Å². The van der Waals surface area contributed by atoms with E-state index >= 15 is 0 Å². The molecule has 1 saturated carbocycles. The lowest BCUT2D eigenvalue weighted by Crippen LogP contribution is -2.51. The highest BCUT2D eigenvalue weighted by molar-refractivity contribution is 5.95. The molecule has 214 valence electrons. The Morgan fingerprint density at radius 2 is 1.81 bits per heavy atom. The van der Waals surface area contributed by atoms with Gasteiger partial charge in [0.25, 0.3) is 0 Å². The van der Waals surface area contributed by atoms with E-state index in [2.05, 4.69) is 40.5 Å². The molecular weight excluding hydrogens is 528 g/mol. The Labute approximate surface area is 243 Å². The van der Waals surface area contributed by atoms with Crippen LogP contribution in [0, 0.1) is 6.92 Å². The lowest BCUT2D eigenvalue weighted by atomic mass is 9.93. The highest BCUT2D eigenvalue weighted by Gasteiger charge is 2.35. The largest absolute Gasteiger partial charge is 0.393 e. The van der Waals surface area contributed by atoms with Crippen molar-refractivity contribution in [2.45, 2.75) is 63.6 Å². The maximum Gasteiger partial charge on any atom is 0.223 e. The van der Waals surface area contributed by atoms with Crippen molar-refractivity contribution in [2.24, 2.45) is 0 Å². The third-order valence-corrected chi connectivity index (χ3v) is 9.49. The third kappa shape index (κ3) is 4.24. The first-order chi connectivity index (χ1) is 20.5. The molecule has 3 fully saturated rings. The standard InChI is InChI=1S/C32H34N8O2/c1-20-28(21-16-35-39(18-21)22-2-6-25(41)7-3-22)15-31-34-17-30(40(31)36-20)27-10-11-33-29-14-23(4-8-26(27)29)37-12-13-38-24(19-37)5-9-32(38)42/h4,8,10-11,14-18,22,24-25,41H,2-3,5-7,9,12-13,19H2,1H3/t22-,24?,25-. The molecular formula is C32H34N8O2. The summed E-state index contributed by atoms with van der Waals surface area (Å²) in [5.74, 6) is 0.296. The van der Waals surface area contributed by atoms with E-state index in [1.165, 1.54) is 0 Å². The van der Waals surface area contributed by atoms with Gasteiger partial charge in [0.05, 0.1) is 41.4 Å². The number of aromatic nitrogens is 6. The minimum atomic E-state index is -0.180. The van der Waals surface area contributed by atoms with Gasteiger partial charge in [-0.15, -0.1) is 0 Å². The van der Waals surface area contributed by atoms with Crippen LogP contribution >= 0.6 is 0 Å². The highest BCUT2D eigenvalue weighted by Crippen LogP contribution is 2.34. The van der Waals surface area contributed by atoms with Crippen molar-refractivity contribution in [1.82, 2.24) is 34.3 Å². The number of amides is 1. The number of benzene rings is 1. The Morgan fingerprint density at radius 3 is 2.69 bits per heavy atom. The fourth-order valence-corrected chi connectivity index (χ4v) is 7.13. The van der Waals surface area contributed by atoms with Crippen LogP contribution in [0.25, 0.3) is 38.9 Å². The summed E-state index contributed by atoms with van der Waals surface area (Å²) in [7, 11) is 0. The summed E-state index contributed by atoms with van der Waals surface area (Å²) >= 11 is 0. The van der Waals surface area contributed by atoms with E-state index in [1.807, 2.05) is 45.7 Å². The van der Waals surface area contributed by atoms with Crippen molar-refractivity contribution in [1.29, 1.82) is 0 Å². The van der Waals surface area contributed by atoms with E-state index in [0.717, 1.165) is 102 Å². The Kier molecular flexibility index (Phi) is 5.99. The fraction of sp³-hybridized carbons (Fsp3) is 0.406. The first-order valence-electron chi connectivity index (χ1n) is 15.0. The number of anilines is 1. The number of fused-ring (bicyclic) bond motifs is 3. The number of aryl methyl sites for hydroxylation is 1. The van der Waals surface area contributed by atoms with Gasteiger partial charge in [0.2, 0.25) is 5.91 Å². The third-order valence-electron chi connectivity index (χ3n) is 9.49. The van der Waals surface area contributed by atoms with Crippen molar-refractivity contribution in [3.05, 3.63) is 60.8 Å². The SMILES string of the molecule is Cc1nn2c(-c3ccnc4cc(N5CCN6C(=O)CCC6C5)ccc34)cnc2cc1-c1cnn([C@H]2CC[C@H](O)CC2)c1. The zero-order chi connectivity index (χ0) is 28.4. The smallest absolute Gasteiger partial charge is 0.223 e. The lowest BCUT2D eigenvalue weighted by molar-refractivity contribution is -0.129. The quantitative estimate of drug-likeness (QED) is 0.346. The van der Waals surface area contributed by atoms with E-state index in [9.17, 15) is 9.90 Å². The molecule has 4 aromatic heterocycles. The van der Waals surface area contributed by atoms with E-state index in [4.69, 9.17) is 15.1 Å². The number of rotatable bonds is 4. The molecule has 1 aromatic carbocycles. The van der Waals surface area contributed by atoms with Gasteiger partial charge in [0.15, 0.2) is 5.65 Å². The molecule has 1 unspecified atom stereocenters. The molecule has 2 aliphatic heterocycles. The second-order valence-corrected chi connectivity index (χ2v) is 12.0. The van der Waals surface area contributed by atoms with Gasteiger partial charge in [0.1, 0.15) is 0 Å². The van der Waals surface area contributed by atoms with Crippen molar-refractivity contribution < 1.29 is 9.90 Å². The molecule has 0 spiro atoms. The summed E-state index contributed by atoms with van der Waals surface area (Å²) in [4.78, 5) is 26.0. The molecule has 1 amide bonds. The summed E-state index contributed by atoms with van der Waals surface area (Å²) < 4.78 is 3.97. The Bertz CT molecular complexity index is 1820. The van der Waals surface area contributed by atoms with Gasteiger partial charge in [-0.1, -0.05) is 6.07 Å². The van der Waals surface area contributed by atoms with Crippen LogP contribution in [-0.4, -0.2) is 77.1 Å². The summed E-state index contributed by atoms with van der Waals surface area (Å²) in [6.45, 7) is 4.53. The highest BCUT2D eigenvalue weighted by atomic mass is 16.3. The maximum absolute atomic E-state index is 12.1. The van der Waals surface area contributed by atoms with Crippen molar-refractivity contribution in [3.8, 4) is 22.4 Å². The monoisotopic (exact) mass is 562 g/mol. The zero-order valence-electron chi connectivity index (χ0n) is 23.7. The molecule has 5 aromatic rings.